The van der Waals surface area contributed by atoms with E-state index in [-0.39, 0.29) is 0 Å². The van der Waals surface area contributed by atoms with Crippen molar-refractivity contribution in [3.8, 4) is 5.75 Å². The predicted molar refractivity (Wildman–Crippen MR) is 78.2 cm³/mol. The van der Waals surface area contributed by atoms with E-state index in [9.17, 15) is 0 Å². The van der Waals surface area contributed by atoms with Crippen molar-refractivity contribution in [3.63, 3.8) is 0 Å². The SMILES string of the molecule is COCCNCCCCCOc1ccccc1Br. The van der Waals surface area contributed by atoms with E-state index in [1.54, 1.807) is 7.11 Å². The number of rotatable bonds is 10. The lowest BCUT2D eigenvalue weighted by Crippen LogP contribution is -2.20. The van der Waals surface area contributed by atoms with Crippen LogP contribution in [0.3, 0.4) is 0 Å². The Bertz CT molecular complexity index is 320. The average molecular weight is 316 g/mol. The van der Waals surface area contributed by atoms with E-state index in [0.29, 0.717) is 0 Å². The van der Waals surface area contributed by atoms with Crippen LogP contribution in [0, 0.1) is 0 Å². The Labute approximate surface area is 118 Å². The summed E-state index contributed by atoms with van der Waals surface area (Å²) in [6, 6.07) is 7.95. The van der Waals surface area contributed by atoms with Crippen molar-refractivity contribution >= 4 is 15.9 Å². The Kier molecular flexibility index (Phi) is 8.90. The fraction of sp³-hybridized carbons (Fsp3) is 0.571. The number of halogens is 1. The highest BCUT2D eigenvalue weighted by Crippen LogP contribution is 2.23. The summed E-state index contributed by atoms with van der Waals surface area (Å²) in [6.45, 7) is 3.55. The Morgan fingerprint density at radius 3 is 2.67 bits per heavy atom. The van der Waals surface area contributed by atoms with Crippen LogP contribution in [0.5, 0.6) is 5.75 Å². The van der Waals surface area contributed by atoms with E-state index < -0.39 is 0 Å². The topological polar surface area (TPSA) is 30.5 Å². The zero-order chi connectivity index (χ0) is 13.1. The number of ether oxygens (including phenoxy) is 2. The second-order valence-corrected chi connectivity index (χ2v) is 4.94. The molecule has 0 radical (unpaired) electrons. The molecule has 0 aliphatic heterocycles. The maximum absolute atomic E-state index is 5.69. The molecule has 0 fully saturated rings. The fourth-order valence-electron chi connectivity index (χ4n) is 1.57. The van der Waals surface area contributed by atoms with Crippen LogP contribution in [0.25, 0.3) is 0 Å². The van der Waals surface area contributed by atoms with Crippen LogP contribution in [0.2, 0.25) is 0 Å². The van der Waals surface area contributed by atoms with Gasteiger partial charge in [0.1, 0.15) is 5.75 Å². The third kappa shape index (κ3) is 6.99. The number of hydrogen-bond donors (Lipinski definition) is 1. The van der Waals surface area contributed by atoms with Gasteiger partial charge in [-0.05, 0) is 53.9 Å². The number of benzene rings is 1. The average Bonchev–Trinajstić information content (AvgIpc) is 2.39. The highest BCUT2D eigenvalue weighted by molar-refractivity contribution is 9.10. The second-order valence-electron chi connectivity index (χ2n) is 4.08. The van der Waals surface area contributed by atoms with Crippen molar-refractivity contribution in [1.29, 1.82) is 0 Å². The van der Waals surface area contributed by atoms with Crippen LogP contribution in [-0.2, 0) is 4.74 Å². The monoisotopic (exact) mass is 315 g/mol. The third-order valence-electron chi connectivity index (χ3n) is 2.58. The van der Waals surface area contributed by atoms with Gasteiger partial charge in [-0.15, -0.1) is 0 Å². The normalized spacial score (nSPS) is 10.6. The zero-order valence-electron chi connectivity index (χ0n) is 11.0. The van der Waals surface area contributed by atoms with Gasteiger partial charge in [0.2, 0.25) is 0 Å². The first kappa shape index (κ1) is 15.5. The van der Waals surface area contributed by atoms with Gasteiger partial charge >= 0.3 is 0 Å². The minimum absolute atomic E-state index is 0.778. The second kappa shape index (κ2) is 10.4. The van der Waals surface area contributed by atoms with Gasteiger partial charge < -0.3 is 14.8 Å². The van der Waals surface area contributed by atoms with Crippen LogP contribution >= 0.6 is 15.9 Å². The van der Waals surface area contributed by atoms with Crippen LogP contribution in [0.15, 0.2) is 28.7 Å². The van der Waals surface area contributed by atoms with E-state index in [1.807, 2.05) is 24.3 Å². The van der Waals surface area contributed by atoms with E-state index in [4.69, 9.17) is 9.47 Å². The molecule has 0 bridgehead atoms. The molecule has 0 unspecified atom stereocenters. The molecule has 0 amide bonds. The summed E-state index contributed by atoms with van der Waals surface area (Å²) >= 11 is 3.47. The minimum atomic E-state index is 0.778. The lowest BCUT2D eigenvalue weighted by molar-refractivity contribution is 0.199. The number of nitrogens with one attached hydrogen (secondary N) is 1. The van der Waals surface area contributed by atoms with Gasteiger partial charge in [-0.1, -0.05) is 12.1 Å². The number of methoxy groups -OCH3 is 1. The van der Waals surface area contributed by atoms with Crippen molar-refractivity contribution < 1.29 is 9.47 Å². The molecule has 0 heterocycles. The van der Waals surface area contributed by atoms with Gasteiger partial charge in [0, 0.05) is 13.7 Å². The molecule has 1 aromatic carbocycles. The molecule has 0 saturated heterocycles. The lowest BCUT2D eigenvalue weighted by Gasteiger charge is -2.08. The van der Waals surface area contributed by atoms with Gasteiger partial charge in [-0.3, -0.25) is 0 Å². The minimum Gasteiger partial charge on any atom is -0.492 e. The molecule has 1 aromatic rings. The summed E-state index contributed by atoms with van der Waals surface area (Å²) in [7, 11) is 1.72. The molecule has 0 aliphatic rings. The van der Waals surface area contributed by atoms with Crippen molar-refractivity contribution in [1.82, 2.24) is 5.32 Å². The molecule has 0 spiro atoms. The highest BCUT2D eigenvalue weighted by Gasteiger charge is 1.98. The Morgan fingerprint density at radius 2 is 1.89 bits per heavy atom. The van der Waals surface area contributed by atoms with E-state index >= 15 is 0 Å². The molecular weight excluding hydrogens is 294 g/mol. The maximum atomic E-state index is 5.69. The largest absolute Gasteiger partial charge is 0.492 e. The summed E-state index contributed by atoms with van der Waals surface area (Å²) in [5.41, 5.74) is 0. The molecule has 1 N–H and O–H groups in total. The number of hydrogen-bond acceptors (Lipinski definition) is 3. The third-order valence-corrected chi connectivity index (χ3v) is 3.23. The highest BCUT2D eigenvalue weighted by atomic mass is 79.9. The molecule has 0 aliphatic carbocycles. The van der Waals surface area contributed by atoms with Gasteiger partial charge in [-0.2, -0.15) is 0 Å². The van der Waals surface area contributed by atoms with Crippen LogP contribution in [-0.4, -0.2) is 33.4 Å². The van der Waals surface area contributed by atoms with Crippen LogP contribution < -0.4 is 10.1 Å². The molecule has 1 rings (SSSR count). The molecule has 4 heteroatoms. The zero-order valence-corrected chi connectivity index (χ0v) is 12.5. The summed E-state index contributed by atoms with van der Waals surface area (Å²) in [4.78, 5) is 0. The van der Waals surface area contributed by atoms with Gasteiger partial charge in [0.05, 0.1) is 17.7 Å². The van der Waals surface area contributed by atoms with Crippen LogP contribution in [0.1, 0.15) is 19.3 Å². The van der Waals surface area contributed by atoms with Crippen LogP contribution in [0.4, 0.5) is 0 Å². The number of unbranched alkanes of at least 4 members (excludes halogenated alkanes) is 2. The fourth-order valence-corrected chi connectivity index (χ4v) is 1.97. The molecular formula is C14H22BrNO2. The first-order valence-electron chi connectivity index (χ1n) is 6.41. The molecule has 0 atom stereocenters. The molecule has 0 saturated carbocycles. The van der Waals surface area contributed by atoms with Crippen molar-refractivity contribution in [2.45, 2.75) is 19.3 Å². The van der Waals surface area contributed by atoms with Crippen molar-refractivity contribution in [3.05, 3.63) is 28.7 Å². The summed E-state index contributed by atoms with van der Waals surface area (Å²) in [6.07, 6.45) is 3.46. The van der Waals surface area contributed by atoms with E-state index in [1.165, 1.54) is 12.8 Å². The summed E-state index contributed by atoms with van der Waals surface area (Å²) in [5, 5.41) is 3.33. The Morgan fingerprint density at radius 1 is 1.06 bits per heavy atom. The first-order chi connectivity index (χ1) is 8.84. The maximum Gasteiger partial charge on any atom is 0.133 e. The number of para-hydroxylation sites is 1. The lowest BCUT2D eigenvalue weighted by atomic mass is 10.2. The molecule has 102 valence electrons. The molecule has 18 heavy (non-hydrogen) atoms. The standard InChI is InChI=1S/C14H22BrNO2/c1-17-12-10-16-9-5-2-6-11-18-14-8-4-3-7-13(14)15/h3-4,7-8,16H,2,5-6,9-12H2,1H3. The Hall–Kier alpha value is -0.580. The van der Waals surface area contributed by atoms with Gasteiger partial charge in [-0.25, -0.2) is 0 Å². The molecule has 3 nitrogen and oxygen atoms in total. The van der Waals surface area contributed by atoms with Crippen molar-refractivity contribution in [2.75, 3.05) is 33.4 Å². The quantitative estimate of drug-likeness (QED) is 0.672. The summed E-state index contributed by atoms with van der Waals surface area (Å²) < 4.78 is 11.7. The van der Waals surface area contributed by atoms with Gasteiger partial charge in [0.15, 0.2) is 0 Å². The first-order valence-corrected chi connectivity index (χ1v) is 7.21. The molecule has 0 aromatic heterocycles. The summed E-state index contributed by atoms with van der Waals surface area (Å²) in [5.74, 6) is 0.927. The van der Waals surface area contributed by atoms with Crippen molar-refractivity contribution in [2.24, 2.45) is 0 Å². The van der Waals surface area contributed by atoms with E-state index in [0.717, 1.165) is 42.9 Å². The predicted octanol–water partition coefficient (Wildman–Crippen LogP) is 3.23. The smallest absolute Gasteiger partial charge is 0.133 e. The van der Waals surface area contributed by atoms with Gasteiger partial charge in [0.25, 0.3) is 0 Å². The van der Waals surface area contributed by atoms with E-state index in [2.05, 4.69) is 21.2 Å². The Balaban J connectivity index is 1.94.